The highest BCUT2D eigenvalue weighted by molar-refractivity contribution is 5.80. The molecule has 1 N–H and O–H groups in total. The smallest absolute Gasteiger partial charge is 0.194 e. The summed E-state index contributed by atoms with van der Waals surface area (Å²) in [5, 5.41) is 3.45. The van der Waals surface area contributed by atoms with Crippen LogP contribution in [0.25, 0.3) is 0 Å². The summed E-state index contributed by atoms with van der Waals surface area (Å²) in [7, 11) is 1.78. The van der Waals surface area contributed by atoms with Gasteiger partial charge in [-0.1, -0.05) is 54.6 Å². The topological polar surface area (TPSA) is 46.1 Å². The molecule has 156 valence electrons. The third kappa shape index (κ3) is 6.58. The van der Waals surface area contributed by atoms with Crippen molar-refractivity contribution in [1.29, 1.82) is 0 Å². The normalized spacial score (nSPS) is 17.0. The monoisotopic (exact) mass is 395 g/mol. The number of likely N-dealkylation sites (tertiary alicyclic amines) is 1. The Morgan fingerprint density at radius 3 is 2.59 bits per heavy atom. The van der Waals surface area contributed by atoms with Gasteiger partial charge in [-0.15, -0.1) is 0 Å². The van der Waals surface area contributed by atoms with E-state index in [-0.39, 0.29) is 0 Å². The van der Waals surface area contributed by atoms with Crippen LogP contribution >= 0.6 is 0 Å². The molecule has 0 amide bonds. The number of aliphatic imine (C=N–C) groups is 1. The highest BCUT2D eigenvalue weighted by atomic mass is 16.5. The summed E-state index contributed by atoms with van der Waals surface area (Å²) < 4.78 is 11.3. The summed E-state index contributed by atoms with van der Waals surface area (Å²) >= 11 is 0. The van der Waals surface area contributed by atoms with E-state index in [1.807, 2.05) is 18.2 Å². The van der Waals surface area contributed by atoms with E-state index in [0.29, 0.717) is 25.7 Å². The minimum absolute atomic E-state index is 0.586. The maximum absolute atomic E-state index is 5.95. The first-order valence-corrected chi connectivity index (χ1v) is 10.5. The zero-order valence-electron chi connectivity index (χ0n) is 17.6. The maximum Gasteiger partial charge on any atom is 0.194 e. The first kappa shape index (κ1) is 21.3. The van der Waals surface area contributed by atoms with Gasteiger partial charge in [0.15, 0.2) is 5.96 Å². The van der Waals surface area contributed by atoms with Crippen LogP contribution in [0.1, 0.15) is 30.0 Å². The van der Waals surface area contributed by atoms with Crippen molar-refractivity contribution in [2.24, 2.45) is 10.9 Å². The molecule has 5 nitrogen and oxygen atoms in total. The summed E-state index contributed by atoms with van der Waals surface area (Å²) in [5.74, 6) is 1.58. The van der Waals surface area contributed by atoms with Crippen LogP contribution in [0.5, 0.6) is 0 Å². The lowest BCUT2D eigenvalue weighted by molar-refractivity contribution is 0.106. The molecule has 0 radical (unpaired) electrons. The molecule has 1 aliphatic rings. The molecule has 0 spiro atoms. The molecule has 0 aliphatic carbocycles. The number of guanidine groups is 1. The third-order valence-electron chi connectivity index (χ3n) is 5.21. The van der Waals surface area contributed by atoms with Gasteiger partial charge in [0, 0.05) is 32.7 Å². The van der Waals surface area contributed by atoms with E-state index in [0.717, 1.165) is 38.6 Å². The lowest BCUT2D eigenvalue weighted by Crippen LogP contribution is -2.40. The Morgan fingerprint density at radius 1 is 1.07 bits per heavy atom. The average Bonchev–Trinajstić information content (AvgIpc) is 3.21. The molecule has 5 heteroatoms. The maximum atomic E-state index is 5.95. The van der Waals surface area contributed by atoms with E-state index >= 15 is 0 Å². The number of hydrogen-bond donors (Lipinski definition) is 1. The second-order valence-electron chi connectivity index (χ2n) is 7.47. The second-order valence-corrected chi connectivity index (χ2v) is 7.47. The van der Waals surface area contributed by atoms with Gasteiger partial charge in [-0.25, -0.2) is 4.99 Å². The number of rotatable bonds is 9. The van der Waals surface area contributed by atoms with Crippen LogP contribution in [-0.4, -0.2) is 44.2 Å². The highest BCUT2D eigenvalue weighted by Crippen LogP contribution is 2.18. The molecule has 1 unspecified atom stereocenters. The summed E-state index contributed by atoms with van der Waals surface area (Å²) in [5.41, 5.74) is 3.60. The van der Waals surface area contributed by atoms with Crippen LogP contribution in [0, 0.1) is 5.92 Å². The number of nitrogens with zero attached hydrogens (tertiary/aromatic N) is 2. The van der Waals surface area contributed by atoms with Crippen molar-refractivity contribution in [3.8, 4) is 0 Å². The minimum atomic E-state index is 0.586. The van der Waals surface area contributed by atoms with E-state index in [4.69, 9.17) is 14.5 Å². The summed E-state index contributed by atoms with van der Waals surface area (Å²) in [6.45, 7) is 7.70. The van der Waals surface area contributed by atoms with Gasteiger partial charge in [0.2, 0.25) is 0 Å². The largest absolute Gasteiger partial charge is 0.384 e. The van der Waals surface area contributed by atoms with Crippen LogP contribution in [0.3, 0.4) is 0 Å². The van der Waals surface area contributed by atoms with Gasteiger partial charge in [0.1, 0.15) is 0 Å². The molecular formula is C24H33N3O2. The van der Waals surface area contributed by atoms with Crippen LogP contribution in [0.15, 0.2) is 59.6 Å². The van der Waals surface area contributed by atoms with Crippen molar-refractivity contribution >= 4 is 5.96 Å². The number of ether oxygens (including phenoxy) is 2. The first-order chi connectivity index (χ1) is 14.3. The summed E-state index contributed by atoms with van der Waals surface area (Å²) in [6, 6.07) is 18.7. The molecular weight excluding hydrogens is 362 g/mol. The Hall–Kier alpha value is -2.37. The lowest BCUT2D eigenvalue weighted by Gasteiger charge is -2.22. The van der Waals surface area contributed by atoms with Gasteiger partial charge in [-0.3, -0.25) is 0 Å². The van der Waals surface area contributed by atoms with Crippen molar-refractivity contribution in [3.05, 3.63) is 71.3 Å². The highest BCUT2D eigenvalue weighted by Gasteiger charge is 2.24. The van der Waals surface area contributed by atoms with Crippen LogP contribution in [-0.2, 0) is 29.2 Å². The predicted molar refractivity (Wildman–Crippen MR) is 118 cm³/mol. The van der Waals surface area contributed by atoms with Crippen LogP contribution < -0.4 is 5.32 Å². The number of benzene rings is 2. The Kier molecular flexibility index (Phi) is 8.53. The fraction of sp³-hybridized carbons (Fsp3) is 0.458. The van der Waals surface area contributed by atoms with E-state index in [1.165, 1.54) is 16.7 Å². The molecule has 1 saturated heterocycles. The molecule has 1 heterocycles. The predicted octanol–water partition coefficient (Wildman–Crippen LogP) is 3.84. The quantitative estimate of drug-likeness (QED) is 0.518. The van der Waals surface area contributed by atoms with Gasteiger partial charge in [0.25, 0.3) is 0 Å². The molecule has 3 rings (SSSR count). The van der Waals surface area contributed by atoms with Crippen LogP contribution in [0.2, 0.25) is 0 Å². The van der Waals surface area contributed by atoms with Gasteiger partial charge in [0.05, 0.1) is 26.4 Å². The Balaban J connectivity index is 1.60. The van der Waals surface area contributed by atoms with E-state index < -0.39 is 0 Å². The van der Waals surface area contributed by atoms with Gasteiger partial charge < -0.3 is 19.7 Å². The summed E-state index contributed by atoms with van der Waals surface area (Å²) in [6.07, 6.45) is 1.15. The molecule has 0 bridgehead atoms. The Morgan fingerprint density at radius 2 is 1.83 bits per heavy atom. The Labute approximate surface area is 174 Å². The molecule has 29 heavy (non-hydrogen) atoms. The van der Waals surface area contributed by atoms with Crippen molar-refractivity contribution in [3.63, 3.8) is 0 Å². The van der Waals surface area contributed by atoms with Crippen molar-refractivity contribution in [2.45, 2.75) is 33.1 Å². The van der Waals surface area contributed by atoms with E-state index in [9.17, 15) is 0 Å². The molecule has 1 atom stereocenters. The van der Waals surface area contributed by atoms with E-state index in [1.54, 1.807) is 7.11 Å². The van der Waals surface area contributed by atoms with Gasteiger partial charge >= 0.3 is 0 Å². The molecule has 1 fully saturated rings. The van der Waals surface area contributed by atoms with Gasteiger partial charge in [-0.05, 0) is 30.0 Å². The zero-order valence-corrected chi connectivity index (χ0v) is 17.6. The number of hydrogen-bond acceptors (Lipinski definition) is 3. The fourth-order valence-electron chi connectivity index (χ4n) is 3.69. The Bertz CT molecular complexity index is 764. The van der Waals surface area contributed by atoms with E-state index in [2.05, 4.69) is 53.5 Å². The standard InChI is InChI=1S/C24H33N3O2/c1-3-25-24(27-14-13-21(16-27)17-28-2)26-15-22-11-7-8-12-23(22)19-29-18-20-9-5-4-6-10-20/h4-12,21H,3,13-19H2,1-2H3,(H,25,26). The van der Waals surface area contributed by atoms with Gasteiger partial charge in [-0.2, -0.15) is 0 Å². The van der Waals surface area contributed by atoms with Crippen molar-refractivity contribution in [1.82, 2.24) is 10.2 Å². The first-order valence-electron chi connectivity index (χ1n) is 10.5. The molecule has 0 saturated carbocycles. The average molecular weight is 396 g/mol. The number of nitrogens with one attached hydrogen (secondary N) is 1. The van der Waals surface area contributed by atoms with Crippen molar-refractivity contribution < 1.29 is 9.47 Å². The molecule has 0 aromatic heterocycles. The SMILES string of the molecule is CCNC(=NCc1ccccc1COCc1ccccc1)N1CCC(COC)C1. The third-order valence-corrected chi connectivity index (χ3v) is 5.21. The molecule has 2 aromatic rings. The fourth-order valence-corrected chi connectivity index (χ4v) is 3.69. The summed E-state index contributed by atoms with van der Waals surface area (Å²) in [4.78, 5) is 7.27. The lowest BCUT2D eigenvalue weighted by atomic mass is 10.1. The molecule has 1 aliphatic heterocycles. The number of methoxy groups -OCH3 is 1. The molecule has 2 aromatic carbocycles. The zero-order chi connectivity index (χ0) is 20.3. The minimum Gasteiger partial charge on any atom is -0.384 e. The van der Waals surface area contributed by atoms with Crippen molar-refractivity contribution in [2.75, 3.05) is 33.4 Å². The van der Waals surface area contributed by atoms with Crippen LogP contribution in [0.4, 0.5) is 0 Å². The second kappa shape index (κ2) is 11.6.